The number of allylic oxidation sites excluding steroid dienone is 1. The second-order valence-electron chi connectivity index (χ2n) is 3.08. The average molecular weight is 182 g/mol. The second-order valence-corrected chi connectivity index (χ2v) is 3.08. The molecule has 0 atom stereocenters. The number of nitrogens with two attached hydrogens (primary N) is 1. The molecule has 0 aliphatic carbocycles. The molecule has 0 aromatic rings. The zero-order valence-corrected chi connectivity index (χ0v) is 8.83. The third kappa shape index (κ3) is 3.85. The van der Waals surface area contributed by atoms with Crippen LogP contribution in [0.4, 0.5) is 0 Å². The van der Waals surface area contributed by atoms with Gasteiger partial charge < -0.3 is 10.6 Å². The van der Waals surface area contributed by atoms with Gasteiger partial charge in [-0.3, -0.25) is 9.98 Å². The molecule has 0 fully saturated rings. The average Bonchev–Trinajstić information content (AvgIpc) is 2.03. The number of hydrogen-bond acceptors (Lipinski definition) is 4. The summed E-state index contributed by atoms with van der Waals surface area (Å²) in [7, 11) is 5.61. The highest BCUT2D eigenvalue weighted by Gasteiger charge is 2.05. The van der Waals surface area contributed by atoms with E-state index in [1.54, 1.807) is 7.05 Å². The zero-order chi connectivity index (χ0) is 10.4. The first-order chi connectivity index (χ1) is 6.02. The first-order valence-electron chi connectivity index (χ1n) is 4.06. The van der Waals surface area contributed by atoms with Gasteiger partial charge in [0.1, 0.15) is 5.70 Å². The maximum atomic E-state index is 5.83. The van der Waals surface area contributed by atoms with E-state index in [-0.39, 0.29) is 0 Å². The molecular formula is C9H18N4. The van der Waals surface area contributed by atoms with Crippen molar-refractivity contribution in [1.29, 1.82) is 0 Å². The Bertz CT molecular complexity index is 238. The van der Waals surface area contributed by atoms with Crippen LogP contribution in [0.2, 0.25) is 0 Å². The van der Waals surface area contributed by atoms with Crippen LogP contribution in [0.3, 0.4) is 0 Å². The fourth-order valence-corrected chi connectivity index (χ4v) is 0.970. The minimum absolute atomic E-state index is 0.668. The quantitative estimate of drug-likeness (QED) is 0.644. The summed E-state index contributed by atoms with van der Waals surface area (Å²) < 4.78 is 0. The normalized spacial score (nSPS) is 14.4. The van der Waals surface area contributed by atoms with Crippen LogP contribution in [-0.4, -0.2) is 45.0 Å². The van der Waals surface area contributed by atoms with Crippen LogP contribution < -0.4 is 5.73 Å². The SMILES string of the molecule is C=NC(/C(C)=N\C)=C(/N)CN(C)C. The lowest BCUT2D eigenvalue weighted by Gasteiger charge is -2.12. The molecule has 0 radical (unpaired) electrons. The molecule has 0 bridgehead atoms. The van der Waals surface area contributed by atoms with Gasteiger partial charge in [0.15, 0.2) is 0 Å². The van der Waals surface area contributed by atoms with Gasteiger partial charge in [-0.25, -0.2) is 0 Å². The summed E-state index contributed by atoms with van der Waals surface area (Å²) in [5.41, 5.74) is 8.03. The minimum Gasteiger partial charge on any atom is -0.399 e. The highest BCUT2D eigenvalue weighted by atomic mass is 15.1. The van der Waals surface area contributed by atoms with Crippen molar-refractivity contribution in [3.63, 3.8) is 0 Å². The highest BCUT2D eigenvalue weighted by molar-refractivity contribution is 5.98. The van der Waals surface area contributed by atoms with Gasteiger partial charge in [0.25, 0.3) is 0 Å². The van der Waals surface area contributed by atoms with Gasteiger partial charge in [-0.1, -0.05) is 0 Å². The lowest BCUT2D eigenvalue weighted by atomic mass is 10.2. The van der Waals surface area contributed by atoms with Crippen LogP contribution in [0.15, 0.2) is 21.4 Å². The van der Waals surface area contributed by atoms with E-state index in [2.05, 4.69) is 16.7 Å². The monoisotopic (exact) mass is 182 g/mol. The van der Waals surface area contributed by atoms with Gasteiger partial charge in [0, 0.05) is 13.6 Å². The van der Waals surface area contributed by atoms with Gasteiger partial charge in [0.05, 0.1) is 11.4 Å². The summed E-state index contributed by atoms with van der Waals surface area (Å²) in [6.45, 7) is 6.01. The van der Waals surface area contributed by atoms with Crippen LogP contribution in [0.1, 0.15) is 6.92 Å². The molecule has 13 heavy (non-hydrogen) atoms. The Morgan fingerprint density at radius 1 is 1.46 bits per heavy atom. The largest absolute Gasteiger partial charge is 0.399 e. The number of aliphatic imine (C=N–C) groups is 2. The summed E-state index contributed by atoms with van der Waals surface area (Å²) in [5.74, 6) is 0. The molecule has 0 saturated carbocycles. The predicted octanol–water partition coefficient (Wildman–Crippen LogP) is 0.510. The van der Waals surface area contributed by atoms with Gasteiger partial charge in [-0.15, -0.1) is 0 Å². The van der Waals surface area contributed by atoms with E-state index in [0.717, 1.165) is 5.71 Å². The molecule has 0 unspecified atom stereocenters. The summed E-state index contributed by atoms with van der Waals surface area (Å²) >= 11 is 0. The van der Waals surface area contributed by atoms with Crippen molar-refractivity contribution >= 4 is 12.4 Å². The molecule has 2 N–H and O–H groups in total. The van der Waals surface area contributed by atoms with Crippen LogP contribution >= 0.6 is 0 Å². The minimum atomic E-state index is 0.668. The third-order valence-corrected chi connectivity index (χ3v) is 1.63. The molecule has 0 aliphatic rings. The summed E-state index contributed by atoms with van der Waals surface area (Å²) in [4.78, 5) is 9.85. The first kappa shape index (κ1) is 11.8. The summed E-state index contributed by atoms with van der Waals surface area (Å²) in [5, 5.41) is 0. The topological polar surface area (TPSA) is 54.0 Å². The molecule has 0 amide bonds. The van der Waals surface area contributed by atoms with Crippen molar-refractivity contribution in [2.75, 3.05) is 27.7 Å². The van der Waals surface area contributed by atoms with E-state index in [1.807, 2.05) is 25.9 Å². The fraction of sp³-hybridized carbons (Fsp3) is 0.556. The van der Waals surface area contributed by atoms with Gasteiger partial charge in [-0.2, -0.15) is 0 Å². The molecule has 0 rings (SSSR count). The van der Waals surface area contributed by atoms with Crippen molar-refractivity contribution in [3.8, 4) is 0 Å². The number of nitrogens with zero attached hydrogens (tertiary/aromatic N) is 3. The van der Waals surface area contributed by atoms with Gasteiger partial charge >= 0.3 is 0 Å². The van der Waals surface area contributed by atoms with Crippen molar-refractivity contribution < 1.29 is 0 Å². The maximum absolute atomic E-state index is 5.83. The molecule has 0 aliphatic heterocycles. The number of rotatable bonds is 4. The lowest BCUT2D eigenvalue weighted by molar-refractivity contribution is 0.442. The van der Waals surface area contributed by atoms with E-state index in [9.17, 15) is 0 Å². The third-order valence-electron chi connectivity index (χ3n) is 1.63. The molecular weight excluding hydrogens is 164 g/mol. The molecule has 4 heteroatoms. The molecule has 74 valence electrons. The molecule has 0 aromatic heterocycles. The van der Waals surface area contributed by atoms with E-state index in [4.69, 9.17) is 5.73 Å². The Balaban J connectivity index is 4.79. The van der Waals surface area contributed by atoms with E-state index in [0.29, 0.717) is 17.9 Å². The van der Waals surface area contributed by atoms with E-state index < -0.39 is 0 Å². The Kier molecular flexibility index (Phi) is 4.99. The Morgan fingerprint density at radius 3 is 2.31 bits per heavy atom. The highest BCUT2D eigenvalue weighted by Crippen LogP contribution is 2.04. The second kappa shape index (κ2) is 5.48. The number of hydrogen-bond donors (Lipinski definition) is 1. The molecule has 4 nitrogen and oxygen atoms in total. The van der Waals surface area contributed by atoms with Crippen molar-refractivity contribution in [1.82, 2.24) is 4.90 Å². The van der Waals surface area contributed by atoms with Crippen LogP contribution in [0.5, 0.6) is 0 Å². The van der Waals surface area contributed by atoms with E-state index >= 15 is 0 Å². The van der Waals surface area contributed by atoms with Crippen molar-refractivity contribution in [2.24, 2.45) is 15.7 Å². The summed E-state index contributed by atoms with van der Waals surface area (Å²) in [6.07, 6.45) is 0. The maximum Gasteiger partial charge on any atom is 0.103 e. The smallest absolute Gasteiger partial charge is 0.103 e. The van der Waals surface area contributed by atoms with Crippen molar-refractivity contribution in [3.05, 3.63) is 11.4 Å². The van der Waals surface area contributed by atoms with Crippen molar-refractivity contribution in [2.45, 2.75) is 6.92 Å². The van der Waals surface area contributed by atoms with Gasteiger partial charge in [-0.05, 0) is 27.7 Å². The van der Waals surface area contributed by atoms with Crippen LogP contribution in [-0.2, 0) is 0 Å². The fourth-order valence-electron chi connectivity index (χ4n) is 0.970. The zero-order valence-electron chi connectivity index (χ0n) is 8.83. The number of likely N-dealkylation sites (N-methyl/N-ethyl adjacent to an activating group) is 1. The molecule has 0 heterocycles. The molecule has 0 saturated heterocycles. The molecule has 0 spiro atoms. The van der Waals surface area contributed by atoms with Crippen LogP contribution in [0.25, 0.3) is 0 Å². The Labute approximate surface area is 79.9 Å². The molecule has 0 aromatic carbocycles. The Hall–Kier alpha value is -1.16. The standard InChI is InChI=1S/C9H18N4/c1-7(11-2)9(12-3)8(10)6-13(4)5/h3,6,10H2,1-2,4-5H3/b9-8+,11-7-. The van der Waals surface area contributed by atoms with E-state index in [1.165, 1.54) is 0 Å². The first-order valence-corrected chi connectivity index (χ1v) is 4.06. The Morgan fingerprint density at radius 2 is 2.00 bits per heavy atom. The predicted molar refractivity (Wildman–Crippen MR) is 58.3 cm³/mol. The van der Waals surface area contributed by atoms with Crippen LogP contribution in [0, 0.1) is 0 Å². The lowest BCUT2D eigenvalue weighted by Crippen LogP contribution is -2.22. The van der Waals surface area contributed by atoms with Gasteiger partial charge in [0.2, 0.25) is 0 Å². The summed E-state index contributed by atoms with van der Waals surface area (Å²) in [6, 6.07) is 0.